The van der Waals surface area contributed by atoms with E-state index in [0.29, 0.717) is 11.6 Å². The van der Waals surface area contributed by atoms with Crippen LogP contribution in [0.5, 0.6) is 11.6 Å². The quantitative estimate of drug-likeness (QED) is 0.794. The number of halogens is 1. The maximum Gasteiger partial charge on any atom is 0.315 e. The third kappa shape index (κ3) is 6.39. The van der Waals surface area contributed by atoms with E-state index in [0.717, 1.165) is 5.56 Å². The number of amides is 3. The van der Waals surface area contributed by atoms with Gasteiger partial charge in [0.15, 0.2) is 0 Å². The standard InChI is InChI=1S/C18H21FN4O3/c1-23(2)17(24)8-9-20-18(25)22-12-13-6-7-16(21-11-13)26-15-5-3-4-14(19)10-15/h3-7,10-11H,8-9,12H2,1-2H3,(H2,20,22,25). The third-order valence-electron chi connectivity index (χ3n) is 3.39. The zero-order valence-corrected chi connectivity index (χ0v) is 14.7. The molecule has 1 aromatic heterocycles. The van der Waals surface area contributed by atoms with Gasteiger partial charge in [0.05, 0.1) is 0 Å². The second-order valence-electron chi connectivity index (χ2n) is 5.71. The van der Waals surface area contributed by atoms with E-state index in [-0.39, 0.29) is 37.3 Å². The number of rotatable bonds is 7. The third-order valence-corrected chi connectivity index (χ3v) is 3.39. The molecule has 0 bridgehead atoms. The SMILES string of the molecule is CN(C)C(=O)CCNC(=O)NCc1ccc(Oc2cccc(F)c2)nc1. The molecule has 1 aromatic carbocycles. The molecular weight excluding hydrogens is 339 g/mol. The molecule has 1 heterocycles. The first-order valence-corrected chi connectivity index (χ1v) is 8.04. The molecule has 8 heteroatoms. The Morgan fingerprint density at radius 2 is 2.00 bits per heavy atom. The number of carbonyl (C=O) groups excluding carboxylic acids is 2. The Labute approximate surface area is 151 Å². The van der Waals surface area contributed by atoms with Crippen LogP contribution in [0.2, 0.25) is 0 Å². The largest absolute Gasteiger partial charge is 0.439 e. The molecule has 0 atom stereocenters. The van der Waals surface area contributed by atoms with Crippen LogP contribution in [0.4, 0.5) is 9.18 Å². The van der Waals surface area contributed by atoms with Gasteiger partial charge in [0.2, 0.25) is 11.8 Å². The Morgan fingerprint density at radius 1 is 1.19 bits per heavy atom. The molecule has 2 N–H and O–H groups in total. The summed E-state index contributed by atoms with van der Waals surface area (Å²) in [5.74, 6) is 0.242. The van der Waals surface area contributed by atoms with Crippen LogP contribution in [-0.2, 0) is 11.3 Å². The second-order valence-corrected chi connectivity index (χ2v) is 5.71. The lowest BCUT2D eigenvalue weighted by Gasteiger charge is -2.11. The van der Waals surface area contributed by atoms with Crippen LogP contribution in [0.3, 0.4) is 0 Å². The van der Waals surface area contributed by atoms with Crippen molar-refractivity contribution in [3.63, 3.8) is 0 Å². The van der Waals surface area contributed by atoms with Gasteiger partial charge in [0.25, 0.3) is 0 Å². The molecule has 0 aliphatic carbocycles. The first kappa shape index (κ1) is 19.2. The predicted octanol–water partition coefficient (Wildman–Crippen LogP) is 2.29. The number of aromatic nitrogens is 1. The average Bonchev–Trinajstić information content (AvgIpc) is 2.61. The Bertz CT molecular complexity index is 750. The number of pyridine rings is 1. The van der Waals surface area contributed by atoms with Gasteiger partial charge in [-0.05, 0) is 17.7 Å². The number of ether oxygens (including phenoxy) is 1. The van der Waals surface area contributed by atoms with Gasteiger partial charge in [0, 0.05) is 51.9 Å². The molecule has 0 unspecified atom stereocenters. The van der Waals surface area contributed by atoms with E-state index in [1.165, 1.54) is 17.0 Å². The fourth-order valence-corrected chi connectivity index (χ4v) is 1.98. The van der Waals surface area contributed by atoms with Crippen molar-refractivity contribution in [2.75, 3.05) is 20.6 Å². The monoisotopic (exact) mass is 360 g/mol. The van der Waals surface area contributed by atoms with Crippen molar-refractivity contribution < 1.29 is 18.7 Å². The van der Waals surface area contributed by atoms with E-state index < -0.39 is 0 Å². The molecule has 0 saturated carbocycles. The summed E-state index contributed by atoms with van der Waals surface area (Å²) in [6.45, 7) is 0.544. The molecule has 138 valence electrons. The van der Waals surface area contributed by atoms with Crippen LogP contribution in [0, 0.1) is 5.82 Å². The van der Waals surface area contributed by atoms with E-state index in [1.54, 1.807) is 44.6 Å². The van der Waals surface area contributed by atoms with E-state index in [1.807, 2.05) is 0 Å². The number of nitrogens with zero attached hydrogens (tertiary/aromatic N) is 2. The van der Waals surface area contributed by atoms with Gasteiger partial charge >= 0.3 is 6.03 Å². The second kappa shape index (κ2) is 9.36. The van der Waals surface area contributed by atoms with Gasteiger partial charge in [-0.15, -0.1) is 0 Å². The maximum atomic E-state index is 13.1. The summed E-state index contributed by atoms with van der Waals surface area (Å²) < 4.78 is 18.6. The van der Waals surface area contributed by atoms with Gasteiger partial charge in [-0.2, -0.15) is 0 Å². The molecule has 2 aromatic rings. The highest BCUT2D eigenvalue weighted by Gasteiger charge is 2.06. The lowest BCUT2D eigenvalue weighted by Crippen LogP contribution is -2.37. The van der Waals surface area contributed by atoms with Crippen LogP contribution >= 0.6 is 0 Å². The predicted molar refractivity (Wildman–Crippen MR) is 94.3 cm³/mol. The van der Waals surface area contributed by atoms with Crippen LogP contribution in [0.1, 0.15) is 12.0 Å². The Balaban J connectivity index is 1.75. The van der Waals surface area contributed by atoms with Crippen molar-refractivity contribution in [3.8, 4) is 11.6 Å². The summed E-state index contributed by atoms with van der Waals surface area (Å²) in [4.78, 5) is 28.7. The van der Waals surface area contributed by atoms with Gasteiger partial charge in [-0.1, -0.05) is 12.1 Å². The maximum absolute atomic E-state index is 13.1. The Hall–Kier alpha value is -3.16. The van der Waals surface area contributed by atoms with Crippen LogP contribution in [0.15, 0.2) is 42.6 Å². The summed E-state index contributed by atoms with van der Waals surface area (Å²) in [5, 5.41) is 5.28. The molecule has 0 saturated heterocycles. The molecule has 26 heavy (non-hydrogen) atoms. The van der Waals surface area contributed by atoms with Crippen LogP contribution in [0.25, 0.3) is 0 Å². The highest BCUT2D eigenvalue weighted by Crippen LogP contribution is 2.19. The Morgan fingerprint density at radius 3 is 2.65 bits per heavy atom. The topological polar surface area (TPSA) is 83.6 Å². The fraction of sp³-hybridized carbons (Fsp3) is 0.278. The average molecular weight is 360 g/mol. The molecular formula is C18H21FN4O3. The summed E-state index contributed by atoms with van der Waals surface area (Å²) in [6, 6.07) is 8.79. The highest BCUT2D eigenvalue weighted by atomic mass is 19.1. The summed E-state index contributed by atoms with van der Waals surface area (Å²) >= 11 is 0. The van der Waals surface area contributed by atoms with Crippen molar-refractivity contribution in [3.05, 3.63) is 54.0 Å². The summed E-state index contributed by atoms with van der Waals surface area (Å²) in [7, 11) is 3.33. The molecule has 0 aliphatic rings. The van der Waals surface area contributed by atoms with Crippen LogP contribution < -0.4 is 15.4 Å². The minimum atomic E-state index is -0.387. The van der Waals surface area contributed by atoms with E-state index in [2.05, 4.69) is 15.6 Å². The first-order chi connectivity index (χ1) is 12.4. The number of nitrogens with one attached hydrogen (secondary N) is 2. The molecule has 0 aliphatic heterocycles. The highest BCUT2D eigenvalue weighted by molar-refractivity contribution is 5.77. The van der Waals surface area contributed by atoms with Gasteiger partial charge < -0.3 is 20.3 Å². The Kier molecular flexibility index (Phi) is 6.90. The molecule has 0 radical (unpaired) electrons. The van der Waals surface area contributed by atoms with Gasteiger partial charge in [-0.25, -0.2) is 14.2 Å². The number of carbonyl (C=O) groups is 2. The molecule has 3 amide bonds. The van der Waals surface area contributed by atoms with Crippen molar-refractivity contribution >= 4 is 11.9 Å². The van der Waals surface area contributed by atoms with E-state index >= 15 is 0 Å². The number of hydrogen-bond acceptors (Lipinski definition) is 4. The zero-order chi connectivity index (χ0) is 18.9. The van der Waals surface area contributed by atoms with Gasteiger partial charge in [0.1, 0.15) is 11.6 Å². The number of urea groups is 1. The summed E-state index contributed by atoms with van der Waals surface area (Å²) in [6.07, 6.45) is 1.80. The molecule has 2 rings (SSSR count). The van der Waals surface area contributed by atoms with Crippen molar-refractivity contribution in [1.82, 2.24) is 20.5 Å². The number of benzene rings is 1. The molecule has 7 nitrogen and oxygen atoms in total. The van der Waals surface area contributed by atoms with Crippen LogP contribution in [-0.4, -0.2) is 42.5 Å². The van der Waals surface area contributed by atoms with E-state index in [9.17, 15) is 14.0 Å². The molecule has 0 fully saturated rings. The van der Waals surface area contributed by atoms with Gasteiger partial charge in [-0.3, -0.25) is 4.79 Å². The zero-order valence-electron chi connectivity index (χ0n) is 14.7. The lowest BCUT2D eigenvalue weighted by atomic mass is 10.3. The minimum absolute atomic E-state index is 0.0524. The van der Waals surface area contributed by atoms with Crippen molar-refractivity contribution in [2.45, 2.75) is 13.0 Å². The lowest BCUT2D eigenvalue weighted by molar-refractivity contribution is -0.128. The van der Waals surface area contributed by atoms with E-state index in [4.69, 9.17) is 4.74 Å². The number of hydrogen-bond donors (Lipinski definition) is 2. The van der Waals surface area contributed by atoms with Crippen molar-refractivity contribution in [1.29, 1.82) is 0 Å². The smallest absolute Gasteiger partial charge is 0.315 e. The first-order valence-electron chi connectivity index (χ1n) is 8.04. The van der Waals surface area contributed by atoms with Crippen molar-refractivity contribution in [2.24, 2.45) is 0 Å². The fourth-order valence-electron chi connectivity index (χ4n) is 1.98. The molecule has 0 spiro atoms. The summed E-state index contributed by atoms with van der Waals surface area (Å²) in [5.41, 5.74) is 0.774. The normalized spacial score (nSPS) is 10.1. The minimum Gasteiger partial charge on any atom is -0.439 e.